The number of aromatic carboxylic acids is 1. The van der Waals surface area contributed by atoms with E-state index in [4.69, 9.17) is 30.2 Å². The third-order valence-electron chi connectivity index (χ3n) is 5.77. The van der Waals surface area contributed by atoms with Gasteiger partial charge in [0.15, 0.2) is 16.7 Å². The van der Waals surface area contributed by atoms with Gasteiger partial charge in [0.1, 0.15) is 22.6 Å². The number of carboxylic acid groups (broad SMARTS) is 2. The summed E-state index contributed by atoms with van der Waals surface area (Å²) in [5.41, 5.74) is 5.76. The Bertz CT molecular complexity index is 1220. The van der Waals surface area contributed by atoms with Crippen molar-refractivity contribution in [2.24, 2.45) is 0 Å². The molecule has 0 spiro atoms. The van der Waals surface area contributed by atoms with Crippen LogP contribution in [0.1, 0.15) is 47.9 Å². The van der Waals surface area contributed by atoms with E-state index in [1.807, 2.05) is 6.92 Å². The number of carbonyl (C=O) groups is 2. The van der Waals surface area contributed by atoms with Gasteiger partial charge in [-0.3, -0.25) is 0 Å². The molecule has 3 heterocycles. The molecule has 1 aromatic carbocycles. The van der Waals surface area contributed by atoms with Crippen molar-refractivity contribution in [3.05, 3.63) is 63.7 Å². The van der Waals surface area contributed by atoms with Gasteiger partial charge in [0.2, 0.25) is 6.79 Å². The molecule has 0 radical (unpaired) electrons. The summed E-state index contributed by atoms with van der Waals surface area (Å²) in [6, 6.07) is 4.50. The molecule has 0 saturated heterocycles. The van der Waals surface area contributed by atoms with E-state index in [-0.39, 0.29) is 35.3 Å². The van der Waals surface area contributed by atoms with Gasteiger partial charge in [-0.25, -0.2) is 15.0 Å². The quantitative estimate of drug-likeness (QED) is 0.351. The second-order valence-electron chi connectivity index (χ2n) is 8.16. The molecular weight excluding hydrogens is 480 g/mol. The topological polar surface area (TPSA) is 139 Å². The van der Waals surface area contributed by atoms with E-state index in [1.165, 1.54) is 19.3 Å². The summed E-state index contributed by atoms with van der Waals surface area (Å²) in [7, 11) is 1.47. The molecule has 0 fully saturated rings. The van der Waals surface area contributed by atoms with Crippen molar-refractivity contribution < 1.29 is 38.4 Å². The maximum Gasteiger partial charge on any atom is 0.339 e. The van der Waals surface area contributed by atoms with E-state index in [0.29, 0.717) is 29.2 Å². The molecule has 2 aliphatic heterocycles. The number of ether oxygens (including phenoxy) is 3. The zero-order chi connectivity index (χ0) is 25.2. The summed E-state index contributed by atoms with van der Waals surface area (Å²) in [4.78, 5) is 24.3. The van der Waals surface area contributed by atoms with Crippen molar-refractivity contribution in [3.8, 4) is 17.2 Å². The minimum Gasteiger partial charge on any atom is -0.496 e. The predicted molar refractivity (Wildman–Crippen MR) is 125 cm³/mol. The molecule has 0 aliphatic carbocycles. The van der Waals surface area contributed by atoms with Crippen LogP contribution in [-0.4, -0.2) is 36.1 Å². The van der Waals surface area contributed by atoms with Crippen LogP contribution in [0.2, 0.25) is 5.22 Å². The first-order valence-corrected chi connectivity index (χ1v) is 11.3. The van der Waals surface area contributed by atoms with Crippen molar-refractivity contribution in [1.29, 1.82) is 0 Å². The van der Waals surface area contributed by atoms with Crippen molar-refractivity contribution in [2.75, 3.05) is 13.9 Å². The Balaban J connectivity index is 1.82. The molecule has 2 aromatic rings. The Morgan fingerprint density at radius 2 is 1.97 bits per heavy atom. The Morgan fingerprint density at radius 3 is 2.63 bits per heavy atom. The molecule has 186 valence electrons. The van der Waals surface area contributed by atoms with Gasteiger partial charge >= 0.3 is 11.9 Å². The average molecular weight is 505 g/mol. The molecule has 2 aliphatic rings. The van der Waals surface area contributed by atoms with Crippen LogP contribution in [-0.2, 0) is 16.8 Å². The molecular formula is C24H25ClN2O8. The standard InChI is InChI=1S/C24H25ClN2O8/c1-3-4-5-15-11-24(27-26-15,21-16(23(30)31)8-20(25)35-21)10-14(22(28)29)6-13-7-18-19(34-12-33-18)9-17(13)32-2/h7-11,26-27H,3-6,12H2,1-2H3,(H,28,29)(H,30,31). The highest BCUT2D eigenvalue weighted by atomic mass is 35.5. The molecule has 0 amide bonds. The number of furan rings is 1. The number of halogens is 1. The molecule has 35 heavy (non-hydrogen) atoms. The van der Waals surface area contributed by atoms with E-state index in [1.54, 1.807) is 18.2 Å². The van der Waals surface area contributed by atoms with Gasteiger partial charge in [-0.15, -0.1) is 0 Å². The Hall–Kier alpha value is -3.63. The normalized spacial score (nSPS) is 18.8. The number of methoxy groups -OCH3 is 1. The fourth-order valence-corrected chi connectivity index (χ4v) is 4.27. The maximum absolute atomic E-state index is 12.4. The first kappa shape index (κ1) is 24.5. The third-order valence-corrected chi connectivity index (χ3v) is 5.96. The lowest BCUT2D eigenvalue weighted by Gasteiger charge is -2.23. The van der Waals surface area contributed by atoms with Gasteiger partial charge in [-0.2, -0.15) is 0 Å². The number of aliphatic carboxylic acids is 1. The van der Waals surface area contributed by atoms with E-state index in [9.17, 15) is 19.8 Å². The zero-order valence-corrected chi connectivity index (χ0v) is 19.9. The van der Waals surface area contributed by atoms with Crippen molar-refractivity contribution in [2.45, 2.75) is 38.1 Å². The molecule has 10 nitrogen and oxygen atoms in total. The average Bonchev–Trinajstić information content (AvgIpc) is 3.55. The van der Waals surface area contributed by atoms with Crippen molar-refractivity contribution in [3.63, 3.8) is 0 Å². The van der Waals surface area contributed by atoms with E-state index in [2.05, 4.69) is 10.9 Å². The maximum atomic E-state index is 12.4. The second-order valence-corrected chi connectivity index (χ2v) is 8.53. The van der Waals surface area contributed by atoms with Crippen LogP contribution in [0.5, 0.6) is 17.2 Å². The fraction of sp³-hybridized carbons (Fsp3) is 0.333. The van der Waals surface area contributed by atoms with Crippen LogP contribution >= 0.6 is 11.6 Å². The summed E-state index contributed by atoms with van der Waals surface area (Å²) in [5.74, 6) is -1.08. The van der Waals surface area contributed by atoms with Crippen LogP contribution in [0.3, 0.4) is 0 Å². The van der Waals surface area contributed by atoms with Gasteiger partial charge < -0.3 is 34.3 Å². The smallest absolute Gasteiger partial charge is 0.339 e. The molecule has 1 atom stereocenters. The van der Waals surface area contributed by atoms with Crippen LogP contribution in [0.4, 0.5) is 0 Å². The molecule has 1 unspecified atom stereocenters. The highest BCUT2D eigenvalue weighted by molar-refractivity contribution is 6.29. The first-order valence-electron chi connectivity index (χ1n) is 11.0. The fourth-order valence-electron chi connectivity index (χ4n) is 4.09. The lowest BCUT2D eigenvalue weighted by molar-refractivity contribution is -0.132. The lowest BCUT2D eigenvalue weighted by Crippen LogP contribution is -2.42. The lowest BCUT2D eigenvalue weighted by atomic mass is 9.89. The summed E-state index contributed by atoms with van der Waals surface area (Å²) in [5, 5.41) is 19.7. The SMILES string of the molecule is CCCCC1=CC(C=C(Cc2cc3c(cc2OC)OCO3)C(=O)O)(c2oc(Cl)cc2C(=O)O)NN1. The number of unbranched alkanes of at least 4 members (excludes halogenated alkanes) is 1. The monoisotopic (exact) mass is 504 g/mol. The summed E-state index contributed by atoms with van der Waals surface area (Å²) in [6.45, 7) is 2.11. The van der Waals surface area contributed by atoms with Gasteiger partial charge in [0, 0.05) is 35.4 Å². The number of hydrogen-bond acceptors (Lipinski definition) is 8. The highest BCUT2D eigenvalue weighted by Gasteiger charge is 2.41. The summed E-state index contributed by atoms with van der Waals surface area (Å²) in [6.07, 6.45) is 5.60. The van der Waals surface area contributed by atoms with E-state index in [0.717, 1.165) is 18.5 Å². The van der Waals surface area contributed by atoms with Crippen LogP contribution in [0, 0.1) is 0 Å². The number of benzene rings is 1. The Labute approximate surface area is 206 Å². The van der Waals surface area contributed by atoms with Gasteiger partial charge in [0.05, 0.1) is 7.11 Å². The number of hydrogen-bond donors (Lipinski definition) is 4. The van der Waals surface area contributed by atoms with E-state index >= 15 is 0 Å². The third kappa shape index (κ3) is 4.94. The largest absolute Gasteiger partial charge is 0.496 e. The minimum absolute atomic E-state index is 0.0340. The summed E-state index contributed by atoms with van der Waals surface area (Å²) >= 11 is 6.01. The second kappa shape index (κ2) is 9.93. The molecule has 4 rings (SSSR count). The molecule has 0 bridgehead atoms. The molecule has 11 heteroatoms. The number of rotatable bonds is 10. The number of carboxylic acids is 2. The first-order chi connectivity index (χ1) is 16.8. The zero-order valence-electron chi connectivity index (χ0n) is 19.1. The molecule has 1 aromatic heterocycles. The number of nitrogens with one attached hydrogen (secondary N) is 2. The highest BCUT2D eigenvalue weighted by Crippen LogP contribution is 2.40. The Kier molecular flexibility index (Phi) is 6.95. The number of allylic oxidation sites excluding steroid dienone is 1. The van der Waals surface area contributed by atoms with Crippen LogP contribution in [0.15, 0.2) is 46.0 Å². The molecule has 4 N–H and O–H groups in total. The number of fused-ring (bicyclic) bond motifs is 1. The van der Waals surface area contributed by atoms with Gasteiger partial charge in [-0.1, -0.05) is 13.3 Å². The van der Waals surface area contributed by atoms with E-state index < -0.39 is 17.5 Å². The van der Waals surface area contributed by atoms with Gasteiger partial charge in [0.25, 0.3) is 0 Å². The van der Waals surface area contributed by atoms with Crippen molar-refractivity contribution in [1.82, 2.24) is 10.9 Å². The minimum atomic E-state index is -1.42. The predicted octanol–water partition coefficient (Wildman–Crippen LogP) is 4.00. The number of hydrazine groups is 1. The van der Waals surface area contributed by atoms with Gasteiger partial charge in [-0.05, 0) is 42.7 Å². The molecule has 0 saturated carbocycles. The van der Waals surface area contributed by atoms with Crippen molar-refractivity contribution >= 4 is 23.5 Å². The summed E-state index contributed by atoms with van der Waals surface area (Å²) < 4.78 is 21.8. The van der Waals surface area contributed by atoms with Crippen LogP contribution in [0.25, 0.3) is 0 Å². The Morgan fingerprint density at radius 1 is 1.23 bits per heavy atom. The van der Waals surface area contributed by atoms with Crippen LogP contribution < -0.4 is 25.1 Å².